The Labute approximate surface area is 221 Å². The van der Waals surface area contributed by atoms with E-state index in [0.29, 0.717) is 0 Å². The van der Waals surface area contributed by atoms with Gasteiger partial charge in [0.1, 0.15) is 0 Å². The molecule has 4 heteroatoms. The molecule has 0 unspecified atom stereocenters. The van der Waals surface area contributed by atoms with Crippen LogP contribution < -0.4 is 5.11 Å². The number of hydrogen-bond acceptors (Lipinski definition) is 2. The number of rotatable bonds is 18. The molecule has 0 aliphatic rings. The zero-order valence-electron chi connectivity index (χ0n) is 23.7. The van der Waals surface area contributed by atoms with Gasteiger partial charge in [-0.15, -0.1) is 0 Å². The normalized spacial score (nSPS) is 11.3. The highest BCUT2D eigenvalue weighted by Gasteiger charge is 2.05. The third-order valence-corrected chi connectivity index (χ3v) is 6.76. The topological polar surface area (TPSA) is 60.4 Å². The molecule has 2 aromatic rings. The van der Waals surface area contributed by atoms with Gasteiger partial charge in [-0.1, -0.05) is 133 Å². The summed E-state index contributed by atoms with van der Waals surface area (Å²) in [6, 6.07) is 9.92. The number of unbranched alkanes of at least 4 members (excludes halogenated alkanes) is 15. The Kier molecular flexibility index (Phi) is 17.0. The first-order valence-corrected chi connectivity index (χ1v) is 14.5. The fourth-order valence-electron chi connectivity index (χ4n) is 4.52. The first-order chi connectivity index (χ1) is 17.2. The van der Waals surface area contributed by atoms with E-state index in [2.05, 4.69) is 28.1 Å². The van der Waals surface area contributed by atoms with E-state index in [0.717, 1.165) is 15.3 Å². The van der Waals surface area contributed by atoms with E-state index in [4.69, 9.17) is 5.11 Å². The number of nitrogens with zero attached hydrogens (tertiary/aromatic N) is 1. The molecule has 0 atom stereocenters. The van der Waals surface area contributed by atoms with Crippen LogP contribution in [0.2, 0.25) is 0 Å². The molecule has 0 spiro atoms. The van der Waals surface area contributed by atoms with Crippen molar-refractivity contribution in [2.45, 2.75) is 110 Å². The molecule has 2 rings (SSSR count). The SMILES string of the molecule is CCCCCCCCCCCCCCCCCC[N+](C)(C)C.O=C(O)c1cc2ccccc2cc1[O-]. The minimum atomic E-state index is -1.18. The fraction of sp³-hybridized carbons (Fsp3) is 0.656. The van der Waals surface area contributed by atoms with E-state index in [1.54, 1.807) is 18.2 Å². The molecule has 0 radical (unpaired) electrons. The standard InChI is InChI=1S/C21H46N.C11H8O3/c1-5-6-7-8-9-10-11-12-13-14-15-16-17-18-19-20-21-22(2,3)4;12-10-6-8-4-2-1-3-7(8)5-9(10)11(13)14/h5-21H2,1-4H3;1-6,12H,(H,13,14)/q+1;/p-1. The Hall–Kier alpha value is -2.07. The van der Waals surface area contributed by atoms with Crippen LogP contribution in [-0.2, 0) is 0 Å². The summed E-state index contributed by atoms with van der Waals surface area (Å²) >= 11 is 0. The number of benzene rings is 2. The molecule has 4 nitrogen and oxygen atoms in total. The van der Waals surface area contributed by atoms with Crippen LogP contribution in [0.1, 0.15) is 120 Å². The Balaban J connectivity index is 0.000000393. The smallest absolute Gasteiger partial charge is 0.335 e. The molecular weight excluding hydrogens is 446 g/mol. The lowest BCUT2D eigenvalue weighted by molar-refractivity contribution is -0.870. The second-order valence-corrected chi connectivity index (χ2v) is 11.3. The molecule has 2 aromatic carbocycles. The van der Waals surface area contributed by atoms with Crippen molar-refractivity contribution in [2.24, 2.45) is 0 Å². The lowest BCUT2D eigenvalue weighted by Gasteiger charge is -2.23. The van der Waals surface area contributed by atoms with Gasteiger partial charge >= 0.3 is 5.97 Å². The van der Waals surface area contributed by atoms with Crippen molar-refractivity contribution in [2.75, 3.05) is 27.7 Å². The van der Waals surface area contributed by atoms with Crippen LogP contribution in [0, 0.1) is 0 Å². The Bertz CT molecular complexity index is 841. The van der Waals surface area contributed by atoms with Gasteiger partial charge in [0.2, 0.25) is 0 Å². The summed E-state index contributed by atoms with van der Waals surface area (Å²) in [5.74, 6) is -1.63. The van der Waals surface area contributed by atoms with Crippen LogP contribution in [0.5, 0.6) is 5.75 Å². The summed E-state index contributed by atoms with van der Waals surface area (Å²) < 4.78 is 1.12. The third-order valence-electron chi connectivity index (χ3n) is 6.76. The number of quaternary nitrogens is 1. The predicted octanol–water partition coefficient (Wildman–Crippen LogP) is 8.57. The summed E-state index contributed by atoms with van der Waals surface area (Å²) in [6.45, 7) is 3.63. The van der Waals surface area contributed by atoms with E-state index in [1.807, 2.05) is 6.07 Å². The van der Waals surface area contributed by atoms with E-state index in [-0.39, 0.29) is 5.56 Å². The molecule has 0 heterocycles. The third kappa shape index (κ3) is 15.8. The number of carboxylic acid groups (broad SMARTS) is 1. The summed E-state index contributed by atoms with van der Waals surface area (Å²) in [6.07, 6.45) is 23.4. The minimum absolute atomic E-state index is 0.177. The average Bonchev–Trinajstić information content (AvgIpc) is 2.83. The zero-order chi connectivity index (χ0) is 26.7. The van der Waals surface area contributed by atoms with Gasteiger partial charge in [-0.2, -0.15) is 0 Å². The van der Waals surface area contributed by atoms with Crippen molar-refractivity contribution in [3.63, 3.8) is 0 Å². The van der Waals surface area contributed by atoms with Gasteiger partial charge in [0.15, 0.2) is 0 Å². The molecule has 0 saturated heterocycles. The fourth-order valence-corrected chi connectivity index (χ4v) is 4.52. The number of fused-ring (bicyclic) bond motifs is 1. The zero-order valence-corrected chi connectivity index (χ0v) is 23.7. The van der Waals surface area contributed by atoms with E-state index < -0.39 is 11.7 Å². The van der Waals surface area contributed by atoms with E-state index in [9.17, 15) is 9.90 Å². The molecule has 0 aliphatic carbocycles. The summed E-state index contributed by atoms with van der Waals surface area (Å²) in [5.41, 5.74) is -0.177. The van der Waals surface area contributed by atoms with Crippen LogP contribution in [-0.4, -0.2) is 43.2 Å². The van der Waals surface area contributed by atoms with Gasteiger partial charge in [0, 0.05) is 0 Å². The monoisotopic (exact) mass is 499 g/mol. The Morgan fingerprint density at radius 2 is 1.08 bits per heavy atom. The largest absolute Gasteiger partial charge is 0.872 e. The molecule has 0 amide bonds. The van der Waals surface area contributed by atoms with Crippen molar-refractivity contribution in [1.82, 2.24) is 0 Å². The molecule has 1 N–H and O–H groups in total. The molecular formula is C32H53NO3. The minimum Gasteiger partial charge on any atom is -0.872 e. The lowest BCUT2D eigenvalue weighted by atomic mass is 10.0. The second-order valence-electron chi connectivity index (χ2n) is 11.3. The van der Waals surface area contributed by atoms with E-state index >= 15 is 0 Å². The van der Waals surface area contributed by atoms with Crippen molar-refractivity contribution < 1.29 is 19.5 Å². The second kappa shape index (κ2) is 19.1. The maximum Gasteiger partial charge on any atom is 0.335 e. The van der Waals surface area contributed by atoms with Crippen LogP contribution >= 0.6 is 0 Å². The average molecular weight is 500 g/mol. The number of carbonyl (C=O) groups is 1. The van der Waals surface area contributed by atoms with Crippen LogP contribution in [0.4, 0.5) is 0 Å². The maximum absolute atomic E-state index is 11.3. The molecule has 0 saturated carbocycles. The van der Waals surface area contributed by atoms with Crippen molar-refractivity contribution in [1.29, 1.82) is 0 Å². The maximum atomic E-state index is 11.3. The summed E-state index contributed by atoms with van der Waals surface area (Å²) in [4.78, 5) is 10.7. The molecule has 0 bridgehead atoms. The molecule has 0 aliphatic heterocycles. The van der Waals surface area contributed by atoms with Crippen LogP contribution in [0.3, 0.4) is 0 Å². The lowest BCUT2D eigenvalue weighted by Crippen LogP contribution is -2.35. The van der Waals surface area contributed by atoms with Crippen LogP contribution in [0.15, 0.2) is 36.4 Å². The molecule has 0 aromatic heterocycles. The number of carboxylic acids is 1. The van der Waals surface area contributed by atoms with Crippen molar-refractivity contribution in [3.05, 3.63) is 42.0 Å². The van der Waals surface area contributed by atoms with Crippen LogP contribution in [0.25, 0.3) is 10.8 Å². The highest BCUT2D eigenvalue weighted by atomic mass is 16.4. The first-order valence-electron chi connectivity index (χ1n) is 14.5. The molecule has 0 fully saturated rings. The Morgan fingerprint density at radius 1 is 0.694 bits per heavy atom. The van der Waals surface area contributed by atoms with E-state index in [1.165, 1.54) is 121 Å². The highest BCUT2D eigenvalue weighted by molar-refractivity contribution is 5.97. The van der Waals surface area contributed by atoms with Gasteiger partial charge in [0.25, 0.3) is 0 Å². The van der Waals surface area contributed by atoms with Gasteiger partial charge in [0.05, 0.1) is 33.3 Å². The number of aromatic carboxylic acids is 1. The van der Waals surface area contributed by atoms with Gasteiger partial charge in [-0.25, -0.2) is 4.79 Å². The van der Waals surface area contributed by atoms with Gasteiger partial charge in [-0.05, 0) is 29.7 Å². The van der Waals surface area contributed by atoms with Crippen molar-refractivity contribution >= 4 is 16.7 Å². The first kappa shape index (κ1) is 32.0. The molecule has 204 valence electrons. The summed E-state index contributed by atoms with van der Waals surface area (Å²) in [7, 11) is 6.89. The Morgan fingerprint density at radius 3 is 1.47 bits per heavy atom. The highest BCUT2D eigenvalue weighted by Crippen LogP contribution is 2.22. The molecule has 36 heavy (non-hydrogen) atoms. The quantitative estimate of drug-likeness (QED) is 0.165. The number of hydrogen-bond donors (Lipinski definition) is 1. The summed E-state index contributed by atoms with van der Waals surface area (Å²) in [5, 5.41) is 21.6. The van der Waals surface area contributed by atoms with Crippen molar-refractivity contribution in [3.8, 4) is 5.75 Å². The van der Waals surface area contributed by atoms with Gasteiger partial charge < -0.3 is 14.7 Å². The van der Waals surface area contributed by atoms with Gasteiger partial charge in [-0.3, -0.25) is 0 Å². The predicted molar refractivity (Wildman–Crippen MR) is 153 cm³/mol.